The van der Waals surface area contributed by atoms with Gasteiger partial charge < -0.3 is 19.9 Å². The van der Waals surface area contributed by atoms with Crippen LogP contribution < -0.4 is 0 Å². The first-order valence-corrected chi connectivity index (χ1v) is 6.29. The van der Waals surface area contributed by atoms with E-state index in [2.05, 4.69) is 0 Å². The van der Waals surface area contributed by atoms with Crippen LogP contribution in [0.2, 0.25) is 0 Å². The molecular weight excluding hydrogens is 270 g/mol. The van der Waals surface area contributed by atoms with Crippen LogP contribution in [0.15, 0.2) is 30.5 Å². The Kier molecular flexibility index (Phi) is 4.09. The number of aliphatic hydroxyl groups excluding tert-OH is 2. The number of aliphatic hydroxyl groups is 2. The molecule has 2 rings (SSSR count). The summed E-state index contributed by atoms with van der Waals surface area (Å²) in [7, 11) is 0. The van der Waals surface area contributed by atoms with E-state index in [1.807, 2.05) is 0 Å². The minimum Gasteiger partial charge on any atom is -0.480 e. The zero-order chi connectivity index (χ0) is 14.0. The summed E-state index contributed by atoms with van der Waals surface area (Å²) >= 11 is 5.53. The predicted molar refractivity (Wildman–Crippen MR) is 71.3 cm³/mol. The van der Waals surface area contributed by atoms with Gasteiger partial charge in [-0.25, -0.2) is 0 Å². The van der Waals surface area contributed by atoms with Gasteiger partial charge in [0, 0.05) is 22.7 Å². The van der Waals surface area contributed by atoms with E-state index in [0.29, 0.717) is 16.5 Å². The Balaban J connectivity index is 2.52. The van der Waals surface area contributed by atoms with Gasteiger partial charge in [-0.1, -0.05) is 18.2 Å². The number of carboxylic acids is 1. The van der Waals surface area contributed by atoms with E-state index in [4.69, 9.17) is 16.7 Å². The lowest BCUT2D eigenvalue weighted by atomic mass is 10.0. The van der Waals surface area contributed by atoms with Crippen molar-refractivity contribution in [1.82, 2.24) is 4.57 Å². The third kappa shape index (κ3) is 2.73. The van der Waals surface area contributed by atoms with Gasteiger partial charge in [0.05, 0.1) is 12.0 Å². The van der Waals surface area contributed by atoms with E-state index in [1.54, 1.807) is 30.5 Å². The van der Waals surface area contributed by atoms with Crippen molar-refractivity contribution >= 4 is 28.5 Å². The molecule has 5 nitrogen and oxygen atoms in total. The Bertz CT molecular complexity index is 595. The maximum absolute atomic E-state index is 10.8. The second kappa shape index (κ2) is 5.61. The Morgan fingerprint density at radius 1 is 1.32 bits per heavy atom. The van der Waals surface area contributed by atoms with Crippen molar-refractivity contribution in [1.29, 1.82) is 0 Å². The lowest BCUT2D eigenvalue weighted by molar-refractivity contribution is -0.137. The van der Waals surface area contributed by atoms with Gasteiger partial charge in [0.1, 0.15) is 12.6 Å². The van der Waals surface area contributed by atoms with Gasteiger partial charge in [-0.15, -0.1) is 11.6 Å². The number of carboxylic acid groups (broad SMARTS) is 1. The summed E-state index contributed by atoms with van der Waals surface area (Å²) in [5, 5.41) is 29.2. The van der Waals surface area contributed by atoms with Gasteiger partial charge in [-0.3, -0.25) is 4.79 Å². The summed E-state index contributed by atoms with van der Waals surface area (Å²) in [6.07, 6.45) is -0.692. The van der Waals surface area contributed by atoms with Crippen LogP contribution in [0.3, 0.4) is 0 Å². The first-order chi connectivity index (χ1) is 9.04. The standard InChI is InChI=1S/C13H14ClNO4/c14-5-11(16)13(19)9-6-15(7-12(17)18)10-4-2-1-3-8(9)10/h1-4,6,11,13,16,19H,5,7H2,(H,17,18). The molecule has 2 unspecified atom stereocenters. The number of carbonyl (C=O) groups is 1. The highest BCUT2D eigenvalue weighted by Gasteiger charge is 2.22. The van der Waals surface area contributed by atoms with Crippen LogP contribution in [-0.4, -0.2) is 37.8 Å². The molecule has 0 amide bonds. The highest BCUT2D eigenvalue weighted by atomic mass is 35.5. The largest absolute Gasteiger partial charge is 0.480 e. The fraction of sp³-hybridized carbons (Fsp3) is 0.308. The molecule has 0 radical (unpaired) electrons. The molecule has 1 heterocycles. The average molecular weight is 284 g/mol. The predicted octanol–water partition coefficient (Wildman–Crippen LogP) is 1.36. The smallest absolute Gasteiger partial charge is 0.323 e. The van der Waals surface area contributed by atoms with E-state index >= 15 is 0 Å². The molecule has 0 bridgehead atoms. The fourth-order valence-electron chi connectivity index (χ4n) is 2.08. The number of hydrogen-bond acceptors (Lipinski definition) is 3. The number of fused-ring (bicyclic) bond motifs is 1. The van der Waals surface area contributed by atoms with Crippen LogP contribution in [0.4, 0.5) is 0 Å². The van der Waals surface area contributed by atoms with Crippen molar-refractivity contribution in [2.24, 2.45) is 0 Å². The number of alkyl halides is 1. The van der Waals surface area contributed by atoms with E-state index in [9.17, 15) is 15.0 Å². The highest BCUT2D eigenvalue weighted by Crippen LogP contribution is 2.28. The number of aliphatic carboxylic acids is 1. The lowest BCUT2D eigenvalue weighted by Gasteiger charge is -2.14. The summed E-state index contributed by atoms with van der Waals surface area (Å²) in [4.78, 5) is 10.8. The zero-order valence-corrected chi connectivity index (χ0v) is 10.8. The first-order valence-electron chi connectivity index (χ1n) is 5.76. The molecule has 0 fully saturated rings. The lowest BCUT2D eigenvalue weighted by Crippen LogP contribution is -2.19. The quantitative estimate of drug-likeness (QED) is 0.724. The summed E-state index contributed by atoms with van der Waals surface area (Å²) in [6.45, 7) is -0.204. The summed E-state index contributed by atoms with van der Waals surface area (Å²) in [5.41, 5.74) is 1.17. The monoisotopic (exact) mass is 283 g/mol. The third-order valence-corrected chi connectivity index (χ3v) is 3.28. The average Bonchev–Trinajstić information content (AvgIpc) is 2.75. The molecule has 2 atom stereocenters. The zero-order valence-electron chi connectivity index (χ0n) is 10.0. The summed E-state index contributed by atoms with van der Waals surface area (Å²) in [5.74, 6) is -1.07. The van der Waals surface area contributed by atoms with Gasteiger partial charge in [0.15, 0.2) is 0 Å². The Labute approximate surface area is 114 Å². The summed E-state index contributed by atoms with van der Waals surface area (Å²) in [6, 6.07) is 7.11. The molecule has 0 aliphatic heterocycles. The highest BCUT2D eigenvalue weighted by molar-refractivity contribution is 6.18. The molecule has 0 spiro atoms. The molecule has 2 aromatic rings. The molecule has 1 aromatic carbocycles. The molecule has 1 aromatic heterocycles. The van der Waals surface area contributed by atoms with Gasteiger partial charge in [-0.05, 0) is 6.07 Å². The minimum atomic E-state index is -1.14. The molecule has 0 aliphatic rings. The molecule has 0 aliphatic carbocycles. The molecule has 19 heavy (non-hydrogen) atoms. The van der Waals surface area contributed by atoms with Crippen LogP contribution in [0, 0.1) is 0 Å². The molecule has 6 heteroatoms. The van der Waals surface area contributed by atoms with Gasteiger partial charge in [0.2, 0.25) is 0 Å². The van der Waals surface area contributed by atoms with Crippen molar-refractivity contribution in [2.45, 2.75) is 18.8 Å². The molecule has 102 valence electrons. The Hall–Kier alpha value is -1.56. The van der Waals surface area contributed by atoms with Gasteiger partial charge in [0.25, 0.3) is 0 Å². The van der Waals surface area contributed by atoms with Crippen molar-refractivity contribution in [3.63, 3.8) is 0 Å². The van der Waals surface area contributed by atoms with Crippen molar-refractivity contribution < 1.29 is 20.1 Å². The Morgan fingerprint density at radius 3 is 2.63 bits per heavy atom. The van der Waals surface area contributed by atoms with E-state index in [1.165, 1.54) is 4.57 Å². The maximum atomic E-state index is 10.8. The summed E-state index contributed by atoms with van der Waals surface area (Å²) < 4.78 is 1.52. The normalized spacial score (nSPS) is 14.5. The first kappa shape index (κ1) is 13.9. The van der Waals surface area contributed by atoms with Gasteiger partial charge >= 0.3 is 5.97 Å². The van der Waals surface area contributed by atoms with E-state index < -0.39 is 18.2 Å². The molecule has 0 saturated carbocycles. The molecular formula is C13H14ClNO4. The van der Waals surface area contributed by atoms with E-state index in [0.717, 1.165) is 0 Å². The number of rotatable bonds is 5. The van der Waals surface area contributed by atoms with Crippen molar-refractivity contribution in [3.05, 3.63) is 36.0 Å². The van der Waals surface area contributed by atoms with E-state index in [-0.39, 0.29) is 12.4 Å². The minimum absolute atomic E-state index is 0.0976. The topological polar surface area (TPSA) is 82.7 Å². The van der Waals surface area contributed by atoms with Crippen LogP contribution in [-0.2, 0) is 11.3 Å². The van der Waals surface area contributed by atoms with Crippen LogP contribution >= 0.6 is 11.6 Å². The number of para-hydroxylation sites is 1. The van der Waals surface area contributed by atoms with Crippen molar-refractivity contribution in [3.8, 4) is 0 Å². The number of aromatic nitrogens is 1. The number of halogens is 1. The van der Waals surface area contributed by atoms with Crippen LogP contribution in [0.1, 0.15) is 11.7 Å². The Morgan fingerprint density at radius 2 is 2.00 bits per heavy atom. The second-order valence-corrected chi connectivity index (χ2v) is 4.60. The third-order valence-electron chi connectivity index (χ3n) is 2.97. The SMILES string of the molecule is O=C(O)Cn1cc(C(O)C(O)CCl)c2ccccc21. The van der Waals surface area contributed by atoms with Crippen molar-refractivity contribution in [2.75, 3.05) is 5.88 Å². The maximum Gasteiger partial charge on any atom is 0.323 e. The van der Waals surface area contributed by atoms with Gasteiger partial charge in [-0.2, -0.15) is 0 Å². The fourth-order valence-corrected chi connectivity index (χ4v) is 2.25. The number of nitrogens with zero attached hydrogens (tertiary/aromatic N) is 1. The van der Waals surface area contributed by atoms with Crippen LogP contribution in [0.25, 0.3) is 10.9 Å². The number of hydrogen-bond donors (Lipinski definition) is 3. The molecule has 3 N–H and O–H groups in total. The second-order valence-electron chi connectivity index (χ2n) is 4.29. The van der Waals surface area contributed by atoms with Crippen LogP contribution in [0.5, 0.6) is 0 Å². The molecule has 0 saturated heterocycles. The number of benzene rings is 1.